The van der Waals surface area contributed by atoms with Crippen molar-refractivity contribution in [3.05, 3.63) is 46.6 Å². The van der Waals surface area contributed by atoms with Gasteiger partial charge < -0.3 is 19.5 Å². The molecule has 2 aromatic heterocycles. The molecule has 1 aromatic carbocycles. The van der Waals surface area contributed by atoms with Gasteiger partial charge in [-0.1, -0.05) is 13.8 Å². The Morgan fingerprint density at radius 2 is 2.03 bits per heavy atom. The number of nitrogens with one attached hydrogen (secondary N) is 1. The number of nitrogens with zero attached hydrogens (tertiary/aromatic N) is 3. The summed E-state index contributed by atoms with van der Waals surface area (Å²) < 4.78 is 18.9. The van der Waals surface area contributed by atoms with Crippen LogP contribution in [-0.2, 0) is 16.1 Å². The van der Waals surface area contributed by atoms with Crippen LogP contribution in [-0.4, -0.2) is 41.2 Å². The number of fused-ring (bicyclic) bond motifs is 2. The predicted molar refractivity (Wildman–Crippen MR) is 138 cm³/mol. The lowest BCUT2D eigenvalue weighted by atomic mass is 9.99. The van der Waals surface area contributed by atoms with Crippen LogP contribution >= 0.6 is 15.9 Å². The number of halogens is 1. The topological polar surface area (TPSA) is 87.0 Å². The second-order valence-corrected chi connectivity index (χ2v) is 9.24. The first kappa shape index (κ1) is 25.3. The second-order valence-electron chi connectivity index (χ2n) is 8.49. The number of esters is 1. The summed E-state index contributed by atoms with van der Waals surface area (Å²) in [7, 11) is 3.28. The maximum absolute atomic E-state index is 12.3. The van der Waals surface area contributed by atoms with Crippen LogP contribution in [0.1, 0.15) is 50.9 Å². The summed E-state index contributed by atoms with van der Waals surface area (Å²) in [6.07, 6.45) is 5.79. The van der Waals surface area contributed by atoms with Crippen LogP contribution in [0.3, 0.4) is 0 Å². The lowest BCUT2D eigenvalue weighted by Gasteiger charge is -2.14. The second kappa shape index (κ2) is 10.8. The van der Waals surface area contributed by atoms with Gasteiger partial charge in [0.2, 0.25) is 0 Å². The molecule has 8 nitrogen and oxygen atoms in total. The molecule has 0 saturated heterocycles. The molecule has 0 spiro atoms. The third-order valence-corrected chi connectivity index (χ3v) is 7.43. The van der Waals surface area contributed by atoms with Gasteiger partial charge in [0.15, 0.2) is 5.82 Å². The molecule has 4 atom stereocenters. The molecule has 35 heavy (non-hydrogen) atoms. The molecule has 3 aromatic rings. The van der Waals surface area contributed by atoms with Gasteiger partial charge in [-0.25, -0.2) is 9.97 Å². The zero-order chi connectivity index (χ0) is 25.1. The molecule has 2 saturated carbocycles. The van der Waals surface area contributed by atoms with E-state index in [1.807, 2.05) is 45.2 Å². The van der Waals surface area contributed by atoms with E-state index >= 15 is 0 Å². The first-order valence-corrected chi connectivity index (χ1v) is 13.0. The van der Waals surface area contributed by atoms with Crippen molar-refractivity contribution in [2.75, 3.05) is 26.1 Å². The van der Waals surface area contributed by atoms with Gasteiger partial charge in [-0.2, -0.15) is 0 Å². The van der Waals surface area contributed by atoms with Crippen LogP contribution in [0.25, 0.3) is 5.52 Å². The zero-order valence-corrected chi connectivity index (χ0v) is 22.5. The summed E-state index contributed by atoms with van der Waals surface area (Å²) in [5, 5.41) is 3.43. The molecule has 2 aliphatic rings. The van der Waals surface area contributed by atoms with Crippen molar-refractivity contribution in [3.8, 4) is 11.5 Å². The van der Waals surface area contributed by atoms with Crippen molar-refractivity contribution in [3.63, 3.8) is 0 Å². The first-order valence-electron chi connectivity index (χ1n) is 12.2. The smallest absolute Gasteiger partial charge is 0.309 e. The number of ether oxygens (including phenoxy) is 3. The van der Waals surface area contributed by atoms with E-state index in [9.17, 15) is 4.79 Å². The van der Waals surface area contributed by atoms with Gasteiger partial charge in [-0.3, -0.25) is 9.20 Å². The highest BCUT2D eigenvalue weighted by atomic mass is 79.9. The molecule has 0 amide bonds. The maximum atomic E-state index is 12.3. The van der Waals surface area contributed by atoms with Crippen LogP contribution in [0, 0.1) is 17.8 Å². The Morgan fingerprint density at radius 1 is 1.23 bits per heavy atom. The number of benzene rings is 1. The zero-order valence-electron chi connectivity index (χ0n) is 20.9. The number of carbonyl (C=O) groups excluding carboxylic acids is 1. The lowest BCUT2D eigenvalue weighted by Crippen LogP contribution is -2.14. The van der Waals surface area contributed by atoms with E-state index in [-0.39, 0.29) is 17.8 Å². The standard InChI is InChI=1S/C24H27BrN4O4.C2H6/c1-4-33-24(30)19-15-7-8-16(18(15)19)23-28-21(25)20-22(26-9-10-29(20)23)27-12-13-5-6-14(31-2)11-17(13)32-3;1-2/h5-6,9-11,15-16,18-19H,4,7-8,12H2,1-3H3,(H,26,27);1-2H3. The lowest BCUT2D eigenvalue weighted by molar-refractivity contribution is -0.145. The fraction of sp³-hybridized carbons (Fsp3) is 0.500. The van der Waals surface area contributed by atoms with E-state index in [1.165, 1.54) is 0 Å². The molecule has 4 unspecified atom stereocenters. The Morgan fingerprint density at radius 3 is 2.74 bits per heavy atom. The summed E-state index contributed by atoms with van der Waals surface area (Å²) >= 11 is 3.65. The highest BCUT2D eigenvalue weighted by Gasteiger charge is 2.63. The molecule has 188 valence electrons. The summed E-state index contributed by atoms with van der Waals surface area (Å²) in [5.41, 5.74) is 1.88. The van der Waals surface area contributed by atoms with E-state index in [2.05, 4.69) is 30.6 Å². The number of imidazole rings is 1. The van der Waals surface area contributed by atoms with E-state index in [4.69, 9.17) is 19.2 Å². The van der Waals surface area contributed by atoms with E-state index in [0.717, 1.165) is 51.7 Å². The van der Waals surface area contributed by atoms with Crippen molar-refractivity contribution < 1.29 is 19.0 Å². The van der Waals surface area contributed by atoms with E-state index in [1.54, 1.807) is 20.4 Å². The summed E-state index contributed by atoms with van der Waals surface area (Å²) in [6, 6.07) is 5.75. The highest BCUT2D eigenvalue weighted by Crippen LogP contribution is 2.64. The Hall–Kier alpha value is -2.81. The number of hydrogen-bond acceptors (Lipinski definition) is 7. The van der Waals surface area contributed by atoms with Crippen LogP contribution in [0.2, 0.25) is 0 Å². The Labute approximate surface area is 214 Å². The van der Waals surface area contributed by atoms with Crippen molar-refractivity contribution in [1.82, 2.24) is 14.4 Å². The molecule has 1 N–H and O–H groups in total. The normalized spacial score (nSPS) is 22.1. The molecule has 0 bridgehead atoms. The average Bonchev–Trinajstić information content (AvgIpc) is 3.28. The van der Waals surface area contributed by atoms with E-state index < -0.39 is 0 Å². The van der Waals surface area contributed by atoms with Gasteiger partial charge in [-0.15, -0.1) is 0 Å². The summed E-state index contributed by atoms with van der Waals surface area (Å²) in [4.78, 5) is 21.8. The van der Waals surface area contributed by atoms with Crippen molar-refractivity contribution in [2.45, 2.75) is 46.1 Å². The average molecular weight is 545 g/mol. The monoisotopic (exact) mass is 544 g/mol. The number of aromatic nitrogens is 3. The molecule has 2 heterocycles. The summed E-state index contributed by atoms with van der Waals surface area (Å²) in [5.74, 6) is 4.12. The Balaban J connectivity index is 0.00000141. The van der Waals surface area contributed by atoms with Crippen molar-refractivity contribution in [1.29, 1.82) is 0 Å². The fourth-order valence-corrected chi connectivity index (χ4v) is 5.91. The minimum absolute atomic E-state index is 0.0109. The van der Waals surface area contributed by atoms with Crippen molar-refractivity contribution >= 4 is 33.2 Å². The minimum Gasteiger partial charge on any atom is -0.497 e. The first-order chi connectivity index (χ1) is 17.1. The number of methoxy groups -OCH3 is 2. The molecule has 2 fully saturated rings. The van der Waals surface area contributed by atoms with Gasteiger partial charge in [0.05, 0.1) is 26.7 Å². The molecule has 5 rings (SSSR count). The number of anilines is 1. The molecular weight excluding hydrogens is 512 g/mol. The largest absolute Gasteiger partial charge is 0.497 e. The third-order valence-electron chi connectivity index (χ3n) is 6.88. The van der Waals surface area contributed by atoms with Crippen LogP contribution in [0.15, 0.2) is 35.2 Å². The van der Waals surface area contributed by atoms with Crippen molar-refractivity contribution in [2.24, 2.45) is 17.8 Å². The van der Waals surface area contributed by atoms with Gasteiger partial charge in [-0.05, 0) is 59.7 Å². The molecule has 0 radical (unpaired) electrons. The molecule has 0 aliphatic heterocycles. The van der Waals surface area contributed by atoms with Crippen LogP contribution < -0.4 is 14.8 Å². The predicted octanol–water partition coefficient (Wildman–Crippen LogP) is 5.45. The van der Waals surface area contributed by atoms with Crippen LogP contribution in [0.5, 0.6) is 11.5 Å². The van der Waals surface area contributed by atoms with Gasteiger partial charge in [0, 0.05) is 36.5 Å². The maximum Gasteiger partial charge on any atom is 0.309 e. The molecule has 2 aliphatic carbocycles. The highest BCUT2D eigenvalue weighted by molar-refractivity contribution is 9.10. The number of hydrogen-bond donors (Lipinski definition) is 1. The number of rotatable bonds is 8. The molecule has 9 heteroatoms. The third kappa shape index (κ3) is 4.70. The minimum atomic E-state index is -0.0606. The number of carbonyl (C=O) groups is 1. The van der Waals surface area contributed by atoms with Gasteiger partial charge in [0.1, 0.15) is 27.4 Å². The Kier molecular flexibility index (Phi) is 7.84. The Bertz CT molecular complexity index is 1200. The fourth-order valence-electron chi connectivity index (χ4n) is 5.34. The SMILES string of the molecule is CC.CCOC(=O)C1C2CCC(c3nc(Br)c4c(NCc5ccc(OC)cc5OC)nccn34)C21. The van der Waals surface area contributed by atoms with Gasteiger partial charge in [0.25, 0.3) is 0 Å². The van der Waals surface area contributed by atoms with Crippen LogP contribution in [0.4, 0.5) is 5.82 Å². The van der Waals surface area contributed by atoms with Gasteiger partial charge >= 0.3 is 5.97 Å². The quantitative estimate of drug-likeness (QED) is 0.377. The molecular formula is C26H33BrN4O4. The van der Waals surface area contributed by atoms with E-state index in [0.29, 0.717) is 25.0 Å². The summed E-state index contributed by atoms with van der Waals surface area (Å²) in [6.45, 7) is 6.82.